The summed E-state index contributed by atoms with van der Waals surface area (Å²) in [6.45, 7) is 3.05. The van der Waals surface area contributed by atoms with Gasteiger partial charge in [0.05, 0.1) is 0 Å². The van der Waals surface area contributed by atoms with Crippen LogP contribution in [0, 0.1) is 0 Å². The van der Waals surface area contributed by atoms with Gasteiger partial charge in [0.15, 0.2) is 0 Å². The van der Waals surface area contributed by atoms with Crippen LogP contribution in [0.15, 0.2) is 67.0 Å². The van der Waals surface area contributed by atoms with Crippen molar-refractivity contribution in [2.45, 2.75) is 25.8 Å². The molecule has 3 heterocycles. The van der Waals surface area contributed by atoms with E-state index in [1.165, 1.54) is 27.7 Å². The largest absolute Gasteiger partial charge is 0.370 e. The first-order valence-electron chi connectivity index (χ1n) is 9.78. The second-order valence-corrected chi connectivity index (χ2v) is 7.33. The predicted octanol–water partition coefficient (Wildman–Crippen LogP) is 4.70. The highest BCUT2D eigenvalue weighted by molar-refractivity contribution is 5.83. The van der Waals surface area contributed by atoms with Crippen LogP contribution in [0.1, 0.15) is 18.1 Å². The number of nitrogens with zero attached hydrogens (tertiary/aromatic N) is 3. The Balaban J connectivity index is 1.31. The number of rotatable bonds is 5. The Bertz CT molecular complexity index is 1120. The third-order valence-electron chi connectivity index (χ3n) is 5.44. The van der Waals surface area contributed by atoms with Gasteiger partial charge in [-0.2, -0.15) is 4.98 Å². The summed E-state index contributed by atoms with van der Waals surface area (Å²) in [5, 5.41) is 4.75. The molecule has 1 unspecified atom stereocenters. The Morgan fingerprint density at radius 3 is 2.93 bits per heavy atom. The molecule has 0 radical (unpaired) electrons. The van der Waals surface area contributed by atoms with Gasteiger partial charge < -0.3 is 15.2 Å². The van der Waals surface area contributed by atoms with Crippen molar-refractivity contribution in [2.75, 3.05) is 16.8 Å². The number of aromatic amines is 1. The van der Waals surface area contributed by atoms with Crippen LogP contribution in [0.25, 0.3) is 10.9 Å². The summed E-state index contributed by atoms with van der Waals surface area (Å²) < 4.78 is 0. The van der Waals surface area contributed by atoms with Crippen LogP contribution in [0.5, 0.6) is 0 Å². The Hall–Kier alpha value is -3.34. The highest BCUT2D eigenvalue weighted by Gasteiger charge is 2.28. The maximum Gasteiger partial charge on any atom is 0.232 e. The molecule has 0 fully saturated rings. The Kier molecular flexibility index (Phi) is 4.20. The maximum atomic E-state index is 4.78. The highest BCUT2D eigenvalue weighted by Crippen LogP contribution is 2.36. The lowest BCUT2D eigenvalue weighted by Gasteiger charge is -2.23. The van der Waals surface area contributed by atoms with Crippen LogP contribution in [-0.2, 0) is 12.8 Å². The molecule has 2 N–H and O–H groups in total. The van der Waals surface area contributed by atoms with E-state index in [-0.39, 0.29) is 0 Å². The molecule has 1 atom stereocenters. The van der Waals surface area contributed by atoms with Crippen molar-refractivity contribution < 1.29 is 0 Å². The van der Waals surface area contributed by atoms with E-state index in [2.05, 4.69) is 81.8 Å². The molecule has 5 nitrogen and oxygen atoms in total. The average molecular weight is 369 g/mol. The number of H-pyrrole nitrogens is 1. The second kappa shape index (κ2) is 7.00. The Morgan fingerprint density at radius 1 is 1.11 bits per heavy atom. The Morgan fingerprint density at radius 2 is 1.96 bits per heavy atom. The van der Waals surface area contributed by atoms with Crippen LogP contribution in [0.4, 0.5) is 17.5 Å². The van der Waals surface area contributed by atoms with Gasteiger partial charge in [0.2, 0.25) is 5.95 Å². The van der Waals surface area contributed by atoms with Crippen molar-refractivity contribution in [1.29, 1.82) is 0 Å². The number of aromatic nitrogens is 3. The molecule has 0 amide bonds. The standard InChI is InChI=1S/C23H23N5/c1-16-14-17-6-2-5-9-21(17)28(16)23-25-13-11-22(27-23)24-12-10-18-15-26-20-8-4-3-7-19(18)20/h2-9,11,13,15-16,26H,10,12,14H2,1H3,(H,24,25,27). The summed E-state index contributed by atoms with van der Waals surface area (Å²) in [7, 11) is 0. The van der Waals surface area contributed by atoms with Gasteiger partial charge in [-0.1, -0.05) is 36.4 Å². The van der Waals surface area contributed by atoms with E-state index in [0.717, 1.165) is 31.2 Å². The fourth-order valence-corrected chi connectivity index (χ4v) is 4.10. The fraction of sp³-hybridized carbons (Fsp3) is 0.217. The van der Waals surface area contributed by atoms with Crippen molar-refractivity contribution in [3.05, 3.63) is 78.1 Å². The van der Waals surface area contributed by atoms with Crippen LogP contribution in [-0.4, -0.2) is 27.5 Å². The minimum atomic E-state index is 0.360. The smallest absolute Gasteiger partial charge is 0.232 e. The summed E-state index contributed by atoms with van der Waals surface area (Å²) in [6, 6.07) is 19.2. The molecule has 0 spiro atoms. The maximum absolute atomic E-state index is 4.78. The van der Waals surface area contributed by atoms with Gasteiger partial charge in [-0.05, 0) is 49.1 Å². The van der Waals surface area contributed by atoms with Crippen LogP contribution in [0.3, 0.4) is 0 Å². The molecule has 1 aliphatic heterocycles. The molecule has 2 aromatic carbocycles. The van der Waals surface area contributed by atoms with Gasteiger partial charge in [0, 0.05) is 41.6 Å². The first-order valence-corrected chi connectivity index (χ1v) is 9.78. The van der Waals surface area contributed by atoms with Crippen LogP contribution < -0.4 is 10.2 Å². The molecule has 140 valence electrons. The molecule has 4 aromatic rings. The van der Waals surface area contributed by atoms with Crippen molar-refractivity contribution in [1.82, 2.24) is 15.0 Å². The summed E-state index contributed by atoms with van der Waals surface area (Å²) in [5.74, 6) is 1.62. The summed E-state index contributed by atoms with van der Waals surface area (Å²) >= 11 is 0. The zero-order valence-corrected chi connectivity index (χ0v) is 15.9. The van der Waals surface area contributed by atoms with Crippen LogP contribution in [0.2, 0.25) is 0 Å². The molecular formula is C23H23N5. The van der Waals surface area contributed by atoms with E-state index in [9.17, 15) is 0 Å². The third kappa shape index (κ3) is 2.99. The number of fused-ring (bicyclic) bond motifs is 2. The lowest BCUT2D eigenvalue weighted by atomic mass is 10.1. The van der Waals surface area contributed by atoms with E-state index in [1.807, 2.05) is 12.3 Å². The van der Waals surface area contributed by atoms with Crippen LogP contribution >= 0.6 is 0 Å². The normalized spacial score (nSPS) is 15.8. The lowest BCUT2D eigenvalue weighted by molar-refractivity contribution is 0.740. The zero-order chi connectivity index (χ0) is 18.9. The Labute approximate surface area is 164 Å². The molecule has 0 bridgehead atoms. The highest BCUT2D eigenvalue weighted by atomic mass is 15.3. The van der Waals surface area contributed by atoms with E-state index >= 15 is 0 Å². The summed E-state index contributed by atoms with van der Waals surface area (Å²) in [5.41, 5.74) is 5.07. The lowest BCUT2D eigenvalue weighted by Crippen LogP contribution is -2.26. The molecule has 28 heavy (non-hydrogen) atoms. The number of nitrogens with one attached hydrogen (secondary N) is 2. The van der Waals surface area contributed by atoms with E-state index < -0.39 is 0 Å². The van der Waals surface area contributed by atoms with Gasteiger partial charge in [-0.3, -0.25) is 0 Å². The van der Waals surface area contributed by atoms with E-state index in [1.54, 1.807) is 0 Å². The minimum absolute atomic E-state index is 0.360. The minimum Gasteiger partial charge on any atom is -0.370 e. The molecular weight excluding hydrogens is 346 g/mol. The first kappa shape index (κ1) is 16.8. The molecule has 5 rings (SSSR count). The van der Waals surface area contributed by atoms with Gasteiger partial charge in [0.1, 0.15) is 5.82 Å². The first-order chi connectivity index (χ1) is 13.8. The quantitative estimate of drug-likeness (QED) is 0.536. The van der Waals surface area contributed by atoms with Crippen molar-refractivity contribution in [2.24, 2.45) is 0 Å². The van der Waals surface area contributed by atoms with Gasteiger partial charge >= 0.3 is 0 Å². The number of benzene rings is 2. The fourth-order valence-electron chi connectivity index (χ4n) is 4.10. The zero-order valence-electron chi connectivity index (χ0n) is 15.9. The molecule has 0 aliphatic carbocycles. The average Bonchev–Trinajstić information content (AvgIpc) is 3.28. The number of anilines is 3. The van der Waals surface area contributed by atoms with Gasteiger partial charge in [-0.15, -0.1) is 0 Å². The number of hydrogen-bond donors (Lipinski definition) is 2. The molecule has 0 saturated carbocycles. The van der Waals surface area contributed by atoms with E-state index in [4.69, 9.17) is 4.98 Å². The molecule has 2 aromatic heterocycles. The van der Waals surface area contributed by atoms with E-state index in [0.29, 0.717) is 6.04 Å². The second-order valence-electron chi connectivity index (χ2n) is 7.33. The third-order valence-corrected chi connectivity index (χ3v) is 5.44. The SMILES string of the molecule is CC1Cc2ccccc2N1c1nccc(NCCc2c[nH]c3ccccc23)n1. The monoisotopic (exact) mass is 369 g/mol. The number of hydrogen-bond acceptors (Lipinski definition) is 4. The van der Waals surface area contributed by atoms with Gasteiger partial charge in [0.25, 0.3) is 0 Å². The molecule has 0 saturated heterocycles. The number of para-hydroxylation sites is 2. The summed E-state index contributed by atoms with van der Waals surface area (Å²) in [6.07, 6.45) is 5.90. The van der Waals surface area contributed by atoms with Crippen molar-refractivity contribution in [3.63, 3.8) is 0 Å². The molecule has 5 heteroatoms. The van der Waals surface area contributed by atoms with Crippen molar-refractivity contribution >= 4 is 28.4 Å². The van der Waals surface area contributed by atoms with Crippen molar-refractivity contribution in [3.8, 4) is 0 Å². The summed E-state index contributed by atoms with van der Waals surface area (Å²) in [4.78, 5) is 14.9. The predicted molar refractivity (Wildman–Crippen MR) is 114 cm³/mol. The van der Waals surface area contributed by atoms with Gasteiger partial charge in [-0.25, -0.2) is 4.98 Å². The topological polar surface area (TPSA) is 56.8 Å². The molecule has 1 aliphatic rings.